The maximum Gasteiger partial charge on any atom is 0.115 e. The molecule has 0 aliphatic heterocycles. The van der Waals surface area contributed by atoms with Crippen molar-refractivity contribution in [3.05, 3.63) is 71.8 Å². The molecule has 2 rings (SSSR count). The third-order valence-electron chi connectivity index (χ3n) is 5.34. The van der Waals surface area contributed by atoms with Crippen LogP contribution in [-0.4, -0.2) is 10.2 Å². The molecule has 0 unspecified atom stereocenters. The fraction of sp³-hybridized carbons (Fsp3) is 0.533. The van der Waals surface area contributed by atoms with E-state index in [1.54, 1.807) is 48.5 Å². The number of phenolic OH excluding ortho intramolecular Hbond substituents is 2. The number of phenols is 2. The van der Waals surface area contributed by atoms with E-state index < -0.39 is 0 Å². The number of hydrogen-bond acceptors (Lipinski definition) is 2. The number of para-hydroxylation sites is 2. The van der Waals surface area contributed by atoms with E-state index in [9.17, 15) is 0 Å². The van der Waals surface area contributed by atoms with Crippen LogP contribution in [0, 0.1) is 0 Å². The van der Waals surface area contributed by atoms with Gasteiger partial charge in [0.2, 0.25) is 0 Å². The SMILES string of the molecule is CCCCC(CCCC)=C(CCCC)CCCC.Oc1ccccc1.Oc1ccccc1. The van der Waals surface area contributed by atoms with Crippen LogP contribution in [0.3, 0.4) is 0 Å². The number of unbranched alkanes of at least 4 members (excludes halogenated alkanes) is 4. The van der Waals surface area contributed by atoms with Crippen LogP contribution in [0.4, 0.5) is 0 Å². The molecule has 2 aromatic carbocycles. The van der Waals surface area contributed by atoms with Gasteiger partial charge >= 0.3 is 0 Å². The lowest BCUT2D eigenvalue weighted by Gasteiger charge is -2.15. The van der Waals surface area contributed by atoms with Crippen molar-refractivity contribution < 1.29 is 10.2 Å². The maximum atomic E-state index is 8.63. The molecule has 2 nitrogen and oxygen atoms in total. The Morgan fingerprint density at radius 2 is 0.719 bits per heavy atom. The second-order valence-electron chi connectivity index (χ2n) is 8.29. The molecular formula is C30H48O2. The second kappa shape index (κ2) is 22.0. The molecule has 2 N–H and O–H groups in total. The van der Waals surface area contributed by atoms with Crippen molar-refractivity contribution in [3.8, 4) is 11.5 Å². The number of allylic oxidation sites excluding steroid dienone is 2. The molecule has 2 heteroatoms. The summed E-state index contributed by atoms with van der Waals surface area (Å²) in [4.78, 5) is 0. The Morgan fingerprint density at radius 1 is 0.469 bits per heavy atom. The highest BCUT2D eigenvalue weighted by atomic mass is 16.3. The van der Waals surface area contributed by atoms with Crippen molar-refractivity contribution in [1.29, 1.82) is 0 Å². The smallest absolute Gasteiger partial charge is 0.115 e. The molecule has 180 valence electrons. The van der Waals surface area contributed by atoms with Gasteiger partial charge in [0.1, 0.15) is 11.5 Å². The molecule has 0 radical (unpaired) electrons. The lowest BCUT2D eigenvalue weighted by molar-refractivity contribution is 0.475. The van der Waals surface area contributed by atoms with Crippen LogP contribution in [0.5, 0.6) is 11.5 Å². The monoisotopic (exact) mass is 440 g/mol. The van der Waals surface area contributed by atoms with Crippen LogP contribution < -0.4 is 0 Å². The van der Waals surface area contributed by atoms with E-state index >= 15 is 0 Å². The number of hydrogen-bond donors (Lipinski definition) is 2. The van der Waals surface area contributed by atoms with Gasteiger partial charge in [-0.2, -0.15) is 0 Å². The van der Waals surface area contributed by atoms with E-state index in [1.165, 1.54) is 77.0 Å². The lowest BCUT2D eigenvalue weighted by Crippen LogP contribution is -1.95. The van der Waals surface area contributed by atoms with Crippen LogP contribution in [0.25, 0.3) is 0 Å². The van der Waals surface area contributed by atoms with Crippen molar-refractivity contribution in [2.45, 2.75) is 105 Å². The predicted octanol–water partition coefficient (Wildman–Crippen LogP) is 9.83. The first-order valence-electron chi connectivity index (χ1n) is 12.8. The minimum absolute atomic E-state index is 0.322. The standard InChI is InChI=1S/C18H36.2C6H6O/c1-5-9-13-17(14-10-6-2)18(15-11-7-3)16-12-8-4;2*7-6-4-2-1-3-5-6/h5-16H2,1-4H3;2*1-5,7H. The summed E-state index contributed by atoms with van der Waals surface area (Å²) in [5.74, 6) is 0.644. The minimum atomic E-state index is 0.322. The van der Waals surface area contributed by atoms with Gasteiger partial charge in [0, 0.05) is 0 Å². The first-order chi connectivity index (χ1) is 15.6. The van der Waals surface area contributed by atoms with Crippen molar-refractivity contribution >= 4 is 0 Å². The first-order valence-corrected chi connectivity index (χ1v) is 12.8. The number of rotatable bonds is 12. The molecule has 32 heavy (non-hydrogen) atoms. The van der Waals surface area contributed by atoms with Crippen molar-refractivity contribution in [3.63, 3.8) is 0 Å². The van der Waals surface area contributed by atoms with Gasteiger partial charge in [-0.05, 0) is 75.6 Å². The third-order valence-corrected chi connectivity index (χ3v) is 5.34. The zero-order valence-electron chi connectivity index (χ0n) is 21.2. The average molecular weight is 441 g/mol. The highest BCUT2D eigenvalue weighted by molar-refractivity contribution is 5.19. The van der Waals surface area contributed by atoms with Crippen LogP contribution in [0.15, 0.2) is 71.8 Å². The normalized spacial score (nSPS) is 9.75. The Bertz CT molecular complexity index is 582. The zero-order chi connectivity index (χ0) is 23.9. The highest BCUT2D eigenvalue weighted by Crippen LogP contribution is 2.26. The van der Waals surface area contributed by atoms with Crippen molar-refractivity contribution in [2.24, 2.45) is 0 Å². The summed E-state index contributed by atoms with van der Waals surface area (Å²) in [7, 11) is 0. The Morgan fingerprint density at radius 3 is 0.875 bits per heavy atom. The van der Waals surface area contributed by atoms with Crippen LogP contribution in [0.1, 0.15) is 105 Å². The van der Waals surface area contributed by atoms with Gasteiger partial charge in [0.05, 0.1) is 0 Å². The van der Waals surface area contributed by atoms with E-state index in [-0.39, 0.29) is 0 Å². The molecule has 0 aliphatic carbocycles. The van der Waals surface area contributed by atoms with Gasteiger partial charge in [0.15, 0.2) is 0 Å². The quantitative estimate of drug-likeness (QED) is 0.322. The fourth-order valence-electron chi connectivity index (χ4n) is 3.37. The molecule has 0 fully saturated rings. The molecular weight excluding hydrogens is 392 g/mol. The summed E-state index contributed by atoms with van der Waals surface area (Å²) >= 11 is 0. The first kappa shape index (κ1) is 29.8. The Kier molecular flexibility index (Phi) is 20.5. The Hall–Kier alpha value is -2.22. The minimum Gasteiger partial charge on any atom is -0.508 e. The van der Waals surface area contributed by atoms with E-state index in [2.05, 4.69) is 27.7 Å². The van der Waals surface area contributed by atoms with Crippen molar-refractivity contribution in [2.75, 3.05) is 0 Å². The average Bonchev–Trinajstić information content (AvgIpc) is 2.82. The second-order valence-corrected chi connectivity index (χ2v) is 8.29. The predicted molar refractivity (Wildman–Crippen MR) is 141 cm³/mol. The van der Waals surface area contributed by atoms with Gasteiger partial charge in [0.25, 0.3) is 0 Å². The summed E-state index contributed by atoms with van der Waals surface area (Å²) in [6, 6.07) is 17.4. The van der Waals surface area contributed by atoms with Crippen LogP contribution >= 0.6 is 0 Å². The van der Waals surface area contributed by atoms with Gasteiger partial charge in [-0.1, -0.05) is 101 Å². The highest BCUT2D eigenvalue weighted by Gasteiger charge is 2.06. The Labute approximate surface area is 198 Å². The summed E-state index contributed by atoms with van der Waals surface area (Å²) in [6.45, 7) is 9.26. The molecule has 0 heterocycles. The molecule has 0 aliphatic rings. The number of aromatic hydroxyl groups is 2. The molecule has 0 aromatic heterocycles. The van der Waals surface area contributed by atoms with Crippen LogP contribution in [0.2, 0.25) is 0 Å². The fourth-order valence-corrected chi connectivity index (χ4v) is 3.37. The summed E-state index contributed by atoms with van der Waals surface area (Å²) < 4.78 is 0. The van der Waals surface area contributed by atoms with Gasteiger partial charge in [-0.15, -0.1) is 0 Å². The summed E-state index contributed by atoms with van der Waals surface area (Å²) in [5.41, 5.74) is 3.67. The zero-order valence-corrected chi connectivity index (χ0v) is 21.2. The van der Waals surface area contributed by atoms with Gasteiger partial charge < -0.3 is 10.2 Å². The topological polar surface area (TPSA) is 40.5 Å². The lowest BCUT2D eigenvalue weighted by atomic mass is 9.91. The van der Waals surface area contributed by atoms with Crippen LogP contribution in [-0.2, 0) is 0 Å². The third kappa shape index (κ3) is 17.5. The Balaban J connectivity index is 0.000000550. The van der Waals surface area contributed by atoms with Gasteiger partial charge in [-0.3, -0.25) is 0 Å². The molecule has 0 atom stereocenters. The molecule has 0 bridgehead atoms. The molecule has 0 saturated heterocycles. The van der Waals surface area contributed by atoms with E-state index in [0.29, 0.717) is 11.5 Å². The largest absolute Gasteiger partial charge is 0.508 e. The van der Waals surface area contributed by atoms with E-state index in [1.807, 2.05) is 23.3 Å². The van der Waals surface area contributed by atoms with Gasteiger partial charge in [-0.25, -0.2) is 0 Å². The van der Waals surface area contributed by atoms with E-state index in [4.69, 9.17) is 10.2 Å². The molecule has 0 spiro atoms. The van der Waals surface area contributed by atoms with E-state index in [0.717, 1.165) is 0 Å². The summed E-state index contributed by atoms with van der Waals surface area (Å²) in [6.07, 6.45) is 16.4. The molecule has 2 aromatic rings. The number of benzene rings is 2. The maximum absolute atomic E-state index is 8.63. The molecule has 0 amide bonds. The molecule has 0 saturated carbocycles. The summed E-state index contributed by atoms with van der Waals surface area (Å²) in [5, 5.41) is 17.3. The van der Waals surface area contributed by atoms with Crippen molar-refractivity contribution in [1.82, 2.24) is 0 Å².